The SMILES string of the molecule is CC(CO)N(C)CC(=O)Nc1ccc(C(N)=S)cc1. The summed E-state index contributed by atoms with van der Waals surface area (Å²) in [5.41, 5.74) is 6.95. The van der Waals surface area contributed by atoms with E-state index in [-0.39, 0.29) is 25.1 Å². The van der Waals surface area contributed by atoms with Crippen LogP contribution in [0.5, 0.6) is 0 Å². The Bertz CT molecular complexity index is 448. The van der Waals surface area contributed by atoms with Crippen LogP contribution in [0, 0.1) is 0 Å². The quantitative estimate of drug-likeness (QED) is 0.665. The molecule has 19 heavy (non-hydrogen) atoms. The summed E-state index contributed by atoms with van der Waals surface area (Å²) in [6, 6.07) is 6.97. The summed E-state index contributed by atoms with van der Waals surface area (Å²) < 4.78 is 0. The van der Waals surface area contributed by atoms with Crippen molar-refractivity contribution in [2.24, 2.45) is 5.73 Å². The molecule has 5 nitrogen and oxygen atoms in total. The number of aliphatic hydroxyl groups excluding tert-OH is 1. The van der Waals surface area contributed by atoms with E-state index in [2.05, 4.69) is 5.32 Å². The number of amides is 1. The summed E-state index contributed by atoms with van der Waals surface area (Å²) in [7, 11) is 1.79. The molecule has 1 atom stereocenters. The van der Waals surface area contributed by atoms with Crippen molar-refractivity contribution in [1.29, 1.82) is 0 Å². The fourth-order valence-corrected chi connectivity index (χ4v) is 1.58. The van der Waals surface area contributed by atoms with E-state index in [1.807, 2.05) is 6.92 Å². The predicted octanol–water partition coefficient (Wildman–Crippen LogP) is 0.572. The molecule has 0 radical (unpaired) electrons. The zero-order valence-corrected chi connectivity index (χ0v) is 11.9. The van der Waals surface area contributed by atoms with Gasteiger partial charge in [0.05, 0.1) is 13.2 Å². The molecule has 0 aliphatic carbocycles. The topological polar surface area (TPSA) is 78.6 Å². The highest BCUT2D eigenvalue weighted by Gasteiger charge is 2.12. The smallest absolute Gasteiger partial charge is 0.238 e. The number of nitrogens with zero attached hydrogens (tertiary/aromatic N) is 1. The molecule has 0 fully saturated rings. The van der Waals surface area contributed by atoms with Crippen LogP contribution >= 0.6 is 12.2 Å². The molecule has 4 N–H and O–H groups in total. The highest BCUT2D eigenvalue weighted by atomic mass is 32.1. The molecule has 0 saturated heterocycles. The molecular weight excluding hydrogens is 262 g/mol. The minimum absolute atomic E-state index is 0.0203. The lowest BCUT2D eigenvalue weighted by molar-refractivity contribution is -0.117. The van der Waals surface area contributed by atoms with Crippen molar-refractivity contribution < 1.29 is 9.90 Å². The van der Waals surface area contributed by atoms with E-state index < -0.39 is 0 Å². The fraction of sp³-hybridized carbons (Fsp3) is 0.385. The average Bonchev–Trinajstić information content (AvgIpc) is 2.38. The Kier molecular flexibility index (Phi) is 5.88. The average molecular weight is 281 g/mol. The number of benzene rings is 1. The van der Waals surface area contributed by atoms with E-state index in [0.29, 0.717) is 10.7 Å². The highest BCUT2D eigenvalue weighted by molar-refractivity contribution is 7.80. The number of thiocarbonyl (C=S) groups is 1. The van der Waals surface area contributed by atoms with Gasteiger partial charge >= 0.3 is 0 Å². The number of carbonyl (C=O) groups is 1. The predicted molar refractivity (Wildman–Crippen MR) is 80.1 cm³/mol. The summed E-state index contributed by atoms with van der Waals surface area (Å²) in [5.74, 6) is -0.133. The third-order valence-electron chi connectivity index (χ3n) is 2.86. The number of rotatable bonds is 6. The number of nitrogens with two attached hydrogens (primary N) is 1. The number of likely N-dealkylation sites (N-methyl/N-ethyl adjacent to an activating group) is 1. The van der Waals surface area contributed by atoms with E-state index in [1.54, 1.807) is 36.2 Å². The van der Waals surface area contributed by atoms with Crippen LogP contribution in [-0.2, 0) is 4.79 Å². The summed E-state index contributed by atoms with van der Waals surface area (Å²) in [5, 5.41) is 11.8. The maximum Gasteiger partial charge on any atom is 0.238 e. The minimum atomic E-state index is -0.133. The van der Waals surface area contributed by atoms with Gasteiger partial charge in [-0.3, -0.25) is 9.69 Å². The van der Waals surface area contributed by atoms with Gasteiger partial charge in [-0.2, -0.15) is 0 Å². The second-order valence-corrected chi connectivity index (χ2v) is 4.88. The van der Waals surface area contributed by atoms with Gasteiger partial charge in [0.15, 0.2) is 0 Å². The first-order valence-corrected chi connectivity index (χ1v) is 6.35. The molecule has 0 bridgehead atoms. The molecular formula is C13H19N3O2S. The van der Waals surface area contributed by atoms with Crippen molar-refractivity contribution in [2.75, 3.05) is 25.5 Å². The van der Waals surface area contributed by atoms with Crippen LogP contribution in [0.1, 0.15) is 12.5 Å². The summed E-state index contributed by atoms with van der Waals surface area (Å²) in [6.07, 6.45) is 0. The Morgan fingerprint density at radius 1 is 1.47 bits per heavy atom. The number of nitrogens with one attached hydrogen (secondary N) is 1. The van der Waals surface area contributed by atoms with Crippen molar-refractivity contribution in [3.63, 3.8) is 0 Å². The van der Waals surface area contributed by atoms with Crippen LogP contribution in [0.15, 0.2) is 24.3 Å². The fourth-order valence-electron chi connectivity index (χ4n) is 1.44. The van der Waals surface area contributed by atoms with Gasteiger partial charge in [0.1, 0.15) is 4.99 Å². The van der Waals surface area contributed by atoms with Crippen molar-refractivity contribution in [1.82, 2.24) is 4.90 Å². The first-order chi connectivity index (χ1) is 8.93. The van der Waals surface area contributed by atoms with Crippen LogP contribution in [0.4, 0.5) is 5.69 Å². The molecule has 0 aromatic heterocycles. The zero-order chi connectivity index (χ0) is 14.4. The molecule has 1 aromatic carbocycles. The maximum absolute atomic E-state index is 11.8. The van der Waals surface area contributed by atoms with Crippen molar-refractivity contribution >= 4 is 28.8 Å². The van der Waals surface area contributed by atoms with Gasteiger partial charge in [0.2, 0.25) is 5.91 Å². The lowest BCUT2D eigenvalue weighted by Crippen LogP contribution is -2.38. The van der Waals surface area contributed by atoms with Crippen molar-refractivity contribution in [3.8, 4) is 0 Å². The van der Waals surface area contributed by atoms with Crippen LogP contribution in [-0.4, -0.2) is 47.1 Å². The van der Waals surface area contributed by atoms with Gasteiger partial charge in [0, 0.05) is 17.3 Å². The second-order valence-electron chi connectivity index (χ2n) is 4.44. The molecule has 0 aliphatic rings. The highest BCUT2D eigenvalue weighted by Crippen LogP contribution is 2.09. The van der Waals surface area contributed by atoms with Crippen LogP contribution < -0.4 is 11.1 Å². The lowest BCUT2D eigenvalue weighted by atomic mass is 10.2. The molecule has 1 aromatic rings. The Morgan fingerprint density at radius 2 is 2.05 bits per heavy atom. The molecule has 1 amide bonds. The number of hydrogen-bond acceptors (Lipinski definition) is 4. The number of aliphatic hydroxyl groups is 1. The molecule has 1 rings (SSSR count). The minimum Gasteiger partial charge on any atom is -0.395 e. The molecule has 6 heteroatoms. The Balaban J connectivity index is 2.55. The number of hydrogen-bond donors (Lipinski definition) is 3. The van der Waals surface area contributed by atoms with E-state index in [0.717, 1.165) is 5.56 Å². The van der Waals surface area contributed by atoms with Crippen molar-refractivity contribution in [2.45, 2.75) is 13.0 Å². The Labute approximate surface area is 118 Å². The zero-order valence-electron chi connectivity index (χ0n) is 11.1. The lowest BCUT2D eigenvalue weighted by Gasteiger charge is -2.21. The van der Waals surface area contributed by atoms with E-state index in [1.165, 1.54) is 0 Å². The third kappa shape index (κ3) is 4.94. The molecule has 0 spiro atoms. The van der Waals surface area contributed by atoms with Gasteiger partial charge in [-0.15, -0.1) is 0 Å². The first-order valence-electron chi connectivity index (χ1n) is 5.95. The summed E-state index contributed by atoms with van der Waals surface area (Å²) >= 11 is 4.85. The summed E-state index contributed by atoms with van der Waals surface area (Å²) in [6.45, 7) is 2.09. The summed E-state index contributed by atoms with van der Waals surface area (Å²) in [4.78, 5) is 13.9. The monoisotopic (exact) mass is 281 g/mol. The van der Waals surface area contributed by atoms with Gasteiger partial charge in [-0.05, 0) is 38.2 Å². The standard InChI is InChI=1S/C13H19N3O2S/c1-9(8-17)16(2)7-12(18)15-11-5-3-10(4-6-11)13(14)19/h3-6,9,17H,7-8H2,1-2H3,(H2,14,19)(H,15,18). The molecule has 0 saturated carbocycles. The van der Waals surface area contributed by atoms with Crippen molar-refractivity contribution in [3.05, 3.63) is 29.8 Å². The Hall–Kier alpha value is -1.50. The molecule has 0 aliphatic heterocycles. The van der Waals surface area contributed by atoms with Gasteiger partial charge in [0.25, 0.3) is 0 Å². The first kappa shape index (κ1) is 15.6. The van der Waals surface area contributed by atoms with E-state index in [9.17, 15) is 4.79 Å². The van der Waals surface area contributed by atoms with Crippen LogP contribution in [0.3, 0.4) is 0 Å². The van der Waals surface area contributed by atoms with Gasteiger partial charge < -0.3 is 16.2 Å². The largest absolute Gasteiger partial charge is 0.395 e. The molecule has 104 valence electrons. The third-order valence-corrected chi connectivity index (χ3v) is 3.10. The maximum atomic E-state index is 11.8. The number of anilines is 1. The Morgan fingerprint density at radius 3 is 2.53 bits per heavy atom. The van der Waals surface area contributed by atoms with Crippen LogP contribution in [0.2, 0.25) is 0 Å². The second kappa shape index (κ2) is 7.18. The van der Waals surface area contributed by atoms with Gasteiger partial charge in [-0.1, -0.05) is 12.2 Å². The molecule has 1 unspecified atom stereocenters. The number of carbonyl (C=O) groups excluding carboxylic acids is 1. The van der Waals surface area contributed by atoms with Crippen LogP contribution in [0.25, 0.3) is 0 Å². The van der Waals surface area contributed by atoms with E-state index >= 15 is 0 Å². The van der Waals surface area contributed by atoms with Gasteiger partial charge in [-0.25, -0.2) is 0 Å². The molecule has 0 heterocycles. The van der Waals surface area contributed by atoms with E-state index in [4.69, 9.17) is 23.1 Å². The normalized spacial score (nSPS) is 12.2.